The fourth-order valence-electron chi connectivity index (χ4n) is 0.153. The van der Waals surface area contributed by atoms with Gasteiger partial charge in [-0.15, -0.1) is 0 Å². The SMILES string of the molecule is CC(S)C(C)CO. The van der Waals surface area contributed by atoms with Gasteiger partial charge in [0.25, 0.3) is 0 Å². The van der Waals surface area contributed by atoms with E-state index in [0.29, 0.717) is 11.2 Å². The molecule has 0 saturated carbocycles. The first-order chi connectivity index (χ1) is 3.18. The fraction of sp³-hybridized carbons (Fsp3) is 1.00. The highest BCUT2D eigenvalue weighted by Gasteiger charge is 2.03. The minimum absolute atomic E-state index is 0.241. The van der Waals surface area contributed by atoms with Crippen LogP contribution >= 0.6 is 12.6 Å². The minimum Gasteiger partial charge on any atom is -0.396 e. The van der Waals surface area contributed by atoms with Crippen LogP contribution in [0.2, 0.25) is 0 Å². The van der Waals surface area contributed by atoms with Crippen LogP contribution in [0.25, 0.3) is 0 Å². The lowest BCUT2D eigenvalue weighted by Gasteiger charge is -2.08. The van der Waals surface area contributed by atoms with Crippen molar-refractivity contribution >= 4 is 12.6 Å². The Morgan fingerprint density at radius 3 is 2.00 bits per heavy atom. The van der Waals surface area contributed by atoms with Gasteiger partial charge in [0, 0.05) is 11.9 Å². The number of rotatable bonds is 2. The summed E-state index contributed by atoms with van der Waals surface area (Å²) < 4.78 is 0. The number of hydrogen-bond acceptors (Lipinski definition) is 2. The van der Waals surface area contributed by atoms with Gasteiger partial charge in [0.2, 0.25) is 0 Å². The van der Waals surface area contributed by atoms with Gasteiger partial charge in [0.05, 0.1) is 0 Å². The molecule has 0 aromatic rings. The average Bonchev–Trinajstić information content (AvgIpc) is 1.65. The first-order valence-electron chi connectivity index (χ1n) is 2.47. The van der Waals surface area contributed by atoms with Gasteiger partial charge in [0.15, 0.2) is 0 Å². The molecule has 1 N–H and O–H groups in total. The third kappa shape index (κ3) is 2.94. The van der Waals surface area contributed by atoms with Crippen molar-refractivity contribution in [1.82, 2.24) is 0 Å². The Kier molecular flexibility index (Phi) is 3.48. The second-order valence-electron chi connectivity index (χ2n) is 1.90. The molecule has 0 aromatic carbocycles. The van der Waals surface area contributed by atoms with Crippen LogP contribution in [0.5, 0.6) is 0 Å². The third-order valence-corrected chi connectivity index (χ3v) is 1.62. The monoisotopic (exact) mass is 120 g/mol. The summed E-state index contributed by atoms with van der Waals surface area (Å²) in [6, 6.07) is 0. The van der Waals surface area contributed by atoms with E-state index in [1.165, 1.54) is 0 Å². The van der Waals surface area contributed by atoms with Crippen LogP contribution in [-0.2, 0) is 0 Å². The Balaban J connectivity index is 3.14. The van der Waals surface area contributed by atoms with E-state index in [2.05, 4.69) is 12.6 Å². The molecule has 2 unspecified atom stereocenters. The second-order valence-corrected chi connectivity index (χ2v) is 2.72. The summed E-state index contributed by atoms with van der Waals surface area (Å²) >= 11 is 4.11. The Bertz CT molecular complexity index is 45.3. The van der Waals surface area contributed by atoms with Crippen LogP contribution in [0.4, 0.5) is 0 Å². The van der Waals surface area contributed by atoms with Crippen molar-refractivity contribution in [1.29, 1.82) is 0 Å². The predicted molar refractivity (Wildman–Crippen MR) is 34.7 cm³/mol. The molecule has 2 atom stereocenters. The van der Waals surface area contributed by atoms with Crippen molar-refractivity contribution in [2.24, 2.45) is 5.92 Å². The minimum atomic E-state index is 0.241. The summed E-state index contributed by atoms with van der Waals surface area (Å²) in [6.45, 7) is 4.19. The number of aliphatic hydroxyl groups is 1. The van der Waals surface area contributed by atoms with Crippen LogP contribution in [0.15, 0.2) is 0 Å². The molecule has 0 aliphatic rings. The molecule has 0 bridgehead atoms. The first-order valence-corrected chi connectivity index (χ1v) is 2.99. The molecule has 0 rings (SSSR count). The highest BCUT2D eigenvalue weighted by atomic mass is 32.1. The van der Waals surface area contributed by atoms with Gasteiger partial charge < -0.3 is 5.11 Å². The van der Waals surface area contributed by atoms with Crippen molar-refractivity contribution in [3.8, 4) is 0 Å². The fourth-order valence-corrected chi connectivity index (χ4v) is 0.247. The van der Waals surface area contributed by atoms with Crippen LogP contribution in [0, 0.1) is 5.92 Å². The van der Waals surface area contributed by atoms with E-state index in [1.807, 2.05) is 13.8 Å². The number of hydrogen-bond donors (Lipinski definition) is 2. The summed E-state index contributed by atoms with van der Waals surface area (Å²) in [6.07, 6.45) is 0. The average molecular weight is 120 g/mol. The van der Waals surface area contributed by atoms with E-state index in [1.54, 1.807) is 0 Å². The molecule has 0 aliphatic carbocycles. The van der Waals surface area contributed by atoms with E-state index >= 15 is 0 Å². The molecule has 0 fully saturated rings. The Labute approximate surface area is 50.1 Å². The Morgan fingerprint density at radius 1 is 1.57 bits per heavy atom. The number of thiol groups is 1. The largest absolute Gasteiger partial charge is 0.396 e. The lowest BCUT2D eigenvalue weighted by atomic mass is 10.1. The van der Waals surface area contributed by atoms with Crippen LogP contribution in [-0.4, -0.2) is 17.0 Å². The molecular formula is C5H12OS. The zero-order chi connectivity index (χ0) is 5.86. The maximum atomic E-state index is 8.46. The van der Waals surface area contributed by atoms with Gasteiger partial charge in [-0.2, -0.15) is 12.6 Å². The molecule has 0 aliphatic heterocycles. The Morgan fingerprint density at radius 2 is 2.00 bits per heavy atom. The molecule has 0 radical (unpaired) electrons. The van der Waals surface area contributed by atoms with Gasteiger partial charge in [-0.3, -0.25) is 0 Å². The molecule has 44 valence electrons. The van der Waals surface area contributed by atoms with Crippen molar-refractivity contribution in [2.45, 2.75) is 19.1 Å². The van der Waals surface area contributed by atoms with Crippen molar-refractivity contribution in [3.63, 3.8) is 0 Å². The van der Waals surface area contributed by atoms with Gasteiger partial charge in [-0.25, -0.2) is 0 Å². The lowest BCUT2D eigenvalue weighted by molar-refractivity contribution is 0.238. The summed E-state index contributed by atoms with van der Waals surface area (Å²) in [5.74, 6) is 0.323. The van der Waals surface area contributed by atoms with E-state index < -0.39 is 0 Å². The molecule has 0 spiro atoms. The van der Waals surface area contributed by atoms with Gasteiger partial charge in [0.1, 0.15) is 0 Å². The van der Waals surface area contributed by atoms with Crippen LogP contribution in [0.1, 0.15) is 13.8 Å². The Hall–Kier alpha value is 0.310. The molecule has 1 nitrogen and oxygen atoms in total. The summed E-state index contributed by atoms with van der Waals surface area (Å²) in [5.41, 5.74) is 0. The van der Waals surface area contributed by atoms with Crippen LogP contribution < -0.4 is 0 Å². The smallest absolute Gasteiger partial charge is 0.0467 e. The van der Waals surface area contributed by atoms with Gasteiger partial charge in [-0.05, 0) is 5.92 Å². The summed E-state index contributed by atoms with van der Waals surface area (Å²) in [7, 11) is 0. The van der Waals surface area contributed by atoms with E-state index in [4.69, 9.17) is 5.11 Å². The van der Waals surface area contributed by atoms with Crippen molar-refractivity contribution < 1.29 is 5.11 Å². The quantitative estimate of drug-likeness (QED) is 0.519. The van der Waals surface area contributed by atoms with Gasteiger partial charge in [-0.1, -0.05) is 13.8 Å². The second kappa shape index (κ2) is 3.33. The van der Waals surface area contributed by atoms with Crippen molar-refractivity contribution in [2.75, 3.05) is 6.61 Å². The topological polar surface area (TPSA) is 20.2 Å². The maximum absolute atomic E-state index is 8.46. The van der Waals surface area contributed by atoms with Crippen molar-refractivity contribution in [3.05, 3.63) is 0 Å². The zero-order valence-electron chi connectivity index (χ0n) is 4.76. The summed E-state index contributed by atoms with van der Waals surface area (Å²) in [4.78, 5) is 0. The molecular weight excluding hydrogens is 108 g/mol. The molecule has 0 aromatic heterocycles. The molecule has 0 amide bonds. The molecule has 7 heavy (non-hydrogen) atoms. The zero-order valence-corrected chi connectivity index (χ0v) is 5.65. The predicted octanol–water partition coefficient (Wildman–Crippen LogP) is 0.933. The molecule has 0 saturated heterocycles. The highest BCUT2D eigenvalue weighted by molar-refractivity contribution is 7.80. The van der Waals surface area contributed by atoms with E-state index in [9.17, 15) is 0 Å². The van der Waals surface area contributed by atoms with Gasteiger partial charge >= 0.3 is 0 Å². The third-order valence-electron chi connectivity index (χ3n) is 1.11. The lowest BCUT2D eigenvalue weighted by Crippen LogP contribution is -2.10. The van der Waals surface area contributed by atoms with Crippen LogP contribution in [0.3, 0.4) is 0 Å². The molecule has 0 heterocycles. The summed E-state index contributed by atoms with van der Waals surface area (Å²) in [5, 5.41) is 8.77. The normalized spacial score (nSPS) is 18.9. The van der Waals surface area contributed by atoms with E-state index in [0.717, 1.165) is 0 Å². The standard InChI is InChI=1S/C5H12OS/c1-4(3-6)5(2)7/h4-7H,3H2,1-2H3. The number of aliphatic hydroxyl groups excluding tert-OH is 1. The molecule has 2 heteroatoms. The highest BCUT2D eigenvalue weighted by Crippen LogP contribution is 2.05. The first kappa shape index (κ1) is 7.31. The van der Waals surface area contributed by atoms with E-state index in [-0.39, 0.29) is 6.61 Å². The maximum Gasteiger partial charge on any atom is 0.0467 e.